The first-order valence-electron chi connectivity index (χ1n) is 3.85. The molecule has 1 aliphatic carbocycles. The van der Waals surface area contributed by atoms with Crippen molar-refractivity contribution in [1.29, 1.82) is 0 Å². The van der Waals surface area contributed by atoms with Crippen LogP contribution in [0.3, 0.4) is 0 Å². The third-order valence-electron chi connectivity index (χ3n) is 1.80. The van der Waals surface area contributed by atoms with Gasteiger partial charge in [-0.1, -0.05) is 12.2 Å². The number of hydrogen-bond acceptors (Lipinski definition) is 2. The Morgan fingerprint density at radius 1 is 1.58 bits per heavy atom. The SMILES string of the molecule is COC1=C(C)C=CCC(C=O)=C1. The summed E-state index contributed by atoms with van der Waals surface area (Å²) in [4.78, 5) is 10.5. The van der Waals surface area contributed by atoms with Crippen LogP contribution < -0.4 is 0 Å². The molecule has 0 aromatic rings. The number of allylic oxidation sites excluding steroid dienone is 5. The van der Waals surface area contributed by atoms with Crippen LogP contribution in [-0.2, 0) is 9.53 Å². The maximum absolute atomic E-state index is 10.5. The van der Waals surface area contributed by atoms with Crippen molar-refractivity contribution in [2.45, 2.75) is 13.3 Å². The number of ether oxygens (including phenoxy) is 1. The van der Waals surface area contributed by atoms with Crippen molar-refractivity contribution in [2.24, 2.45) is 0 Å². The van der Waals surface area contributed by atoms with Gasteiger partial charge in [0.15, 0.2) is 0 Å². The molecule has 64 valence electrons. The normalized spacial score (nSPS) is 17.0. The summed E-state index contributed by atoms with van der Waals surface area (Å²) in [6, 6.07) is 0. The molecule has 0 aromatic carbocycles. The molecular formula is C10H12O2. The zero-order valence-corrected chi connectivity index (χ0v) is 7.33. The minimum Gasteiger partial charge on any atom is -0.496 e. The van der Waals surface area contributed by atoms with E-state index in [-0.39, 0.29) is 0 Å². The second-order valence-corrected chi connectivity index (χ2v) is 2.69. The second-order valence-electron chi connectivity index (χ2n) is 2.69. The molecule has 1 aliphatic rings. The fraction of sp³-hybridized carbons (Fsp3) is 0.300. The maximum atomic E-state index is 10.5. The summed E-state index contributed by atoms with van der Waals surface area (Å²) >= 11 is 0. The first kappa shape index (κ1) is 8.78. The van der Waals surface area contributed by atoms with E-state index in [0.717, 1.165) is 23.2 Å². The highest BCUT2D eigenvalue weighted by Crippen LogP contribution is 2.16. The molecule has 0 aliphatic heterocycles. The summed E-state index contributed by atoms with van der Waals surface area (Å²) in [5.74, 6) is 0.769. The predicted molar refractivity (Wildman–Crippen MR) is 47.6 cm³/mol. The monoisotopic (exact) mass is 164 g/mol. The van der Waals surface area contributed by atoms with Gasteiger partial charge >= 0.3 is 0 Å². The zero-order chi connectivity index (χ0) is 8.97. The molecule has 2 heteroatoms. The van der Waals surface area contributed by atoms with Gasteiger partial charge in [0.25, 0.3) is 0 Å². The molecule has 1 rings (SSSR count). The molecule has 0 saturated heterocycles. The van der Waals surface area contributed by atoms with Crippen molar-refractivity contribution < 1.29 is 9.53 Å². The molecule has 0 N–H and O–H groups in total. The van der Waals surface area contributed by atoms with Crippen LogP contribution in [0.2, 0.25) is 0 Å². The predicted octanol–water partition coefficient (Wildman–Crippen LogP) is 1.99. The van der Waals surface area contributed by atoms with Gasteiger partial charge in [-0.3, -0.25) is 4.79 Å². The van der Waals surface area contributed by atoms with E-state index in [1.807, 2.05) is 19.1 Å². The molecule has 0 amide bonds. The van der Waals surface area contributed by atoms with Gasteiger partial charge in [-0.05, 0) is 30.6 Å². The van der Waals surface area contributed by atoms with Gasteiger partial charge in [0.1, 0.15) is 12.0 Å². The van der Waals surface area contributed by atoms with Gasteiger partial charge in [0.2, 0.25) is 0 Å². The highest BCUT2D eigenvalue weighted by Gasteiger charge is 2.03. The molecule has 0 spiro atoms. The average Bonchev–Trinajstić information content (AvgIpc) is 2.27. The Morgan fingerprint density at radius 2 is 2.33 bits per heavy atom. The van der Waals surface area contributed by atoms with Gasteiger partial charge < -0.3 is 4.74 Å². The number of rotatable bonds is 2. The van der Waals surface area contributed by atoms with Crippen molar-refractivity contribution in [3.8, 4) is 0 Å². The van der Waals surface area contributed by atoms with Crippen LogP contribution in [0.1, 0.15) is 13.3 Å². The lowest BCUT2D eigenvalue weighted by Gasteiger charge is -2.01. The van der Waals surface area contributed by atoms with Crippen LogP contribution >= 0.6 is 0 Å². The van der Waals surface area contributed by atoms with Crippen molar-refractivity contribution in [1.82, 2.24) is 0 Å². The zero-order valence-electron chi connectivity index (χ0n) is 7.33. The number of methoxy groups -OCH3 is 1. The van der Waals surface area contributed by atoms with Crippen LogP contribution in [0.4, 0.5) is 0 Å². The third kappa shape index (κ3) is 1.84. The van der Waals surface area contributed by atoms with Crippen LogP contribution in [0, 0.1) is 0 Å². The van der Waals surface area contributed by atoms with E-state index in [2.05, 4.69) is 0 Å². The van der Waals surface area contributed by atoms with E-state index < -0.39 is 0 Å². The smallest absolute Gasteiger partial charge is 0.146 e. The lowest BCUT2D eigenvalue weighted by Crippen LogP contribution is -1.88. The van der Waals surface area contributed by atoms with Crippen molar-refractivity contribution in [3.63, 3.8) is 0 Å². The molecule has 0 atom stereocenters. The van der Waals surface area contributed by atoms with Gasteiger partial charge in [-0.15, -0.1) is 0 Å². The van der Waals surface area contributed by atoms with E-state index in [1.54, 1.807) is 13.2 Å². The Hall–Kier alpha value is -1.31. The molecule has 2 nitrogen and oxygen atoms in total. The lowest BCUT2D eigenvalue weighted by molar-refractivity contribution is -0.105. The van der Waals surface area contributed by atoms with E-state index in [4.69, 9.17) is 4.74 Å². The highest BCUT2D eigenvalue weighted by molar-refractivity contribution is 5.75. The van der Waals surface area contributed by atoms with Crippen molar-refractivity contribution in [2.75, 3.05) is 7.11 Å². The third-order valence-corrected chi connectivity index (χ3v) is 1.80. The lowest BCUT2D eigenvalue weighted by atomic mass is 10.2. The van der Waals surface area contributed by atoms with Gasteiger partial charge in [0, 0.05) is 0 Å². The summed E-state index contributed by atoms with van der Waals surface area (Å²) in [6.07, 6.45) is 7.26. The van der Waals surface area contributed by atoms with E-state index in [9.17, 15) is 4.79 Å². The fourth-order valence-electron chi connectivity index (χ4n) is 1.10. The van der Waals surface area contributed by atoms with Crippen molar-refractivity contribution >= 4 is 6.29 Å². The standard InChI is InChI=1S/C10H12O2/c1-8-4-3-5-9(7-11)6-10(8)12-2/h3-4,6-7H,5H2,1-2H3. The van der Waals surface area contributed by atoms with Gasteiger partial charge in [0.05, 0.1) is 7.11 Å². The van der Waals surface area contributed by atoms with Crippen LogP contribution in [0.15, 0.2) is 35.1 Å². The number of carbonyl (C=O) groups is 1. The molecule has 12 heavy (non-hydrogen) atoms. The van der Waals surface area contributed by atoms with Gasteiger partial charge in [-0.25, -0.2) is 0 Å². The van der Waals surface area contributed by atoms with Crippen molar-refractivity contribution in [3.05, 3.63) is 35.1 Å². The Balaban J connectivity index is 3.02. The van der Waals surface area contributed by atoms with Crippen LogP contribution in [0.5, 0.6) is 0 Å². The molecule has 0 saturated carbocycles. The molecule has 0 radical (unpaired) electrons. The van der Waals surface area contributed by atoms with Crippen LogP contribution in [-0.4, -0.2) is 13.4 Å². The second kappa shape index (κ2) is 3.90. The van der Waals surface area contributed by atoms with E-state index in [1.165, 1.54) is 0 Å². The molecule has 0 fully saturated rings. The number of hydrogen-bond donors (Lipinski definition) is 0. The largest absolute Gasteiger partial charge is 0.496 e. The Bertz CT molecular complexity index is 270. The first-order valence-corrected chi connectivity index (χ1v) is 3.85. The topological polar surface area (TPSA) is 26.3 Å². The maximum Gasteiger partial charge on any atom is 0.146 e. The minimum absolute atomic E-state index is 0.688. The fourth-order valence-corrected chi connectivity index (χ4v) is 1.10. The Kier molecular flexibility index (Phi) is 2.86. The molecule has 0 bridgehead atoms. The Labute approximate surface area is 72.2 Å². The molecule has 0 unspecified atom stereocenters. The minimum atomic E-state index is 0.688. The summed E-state index contributed by atoms with van der Waals surface area (Å²) in [6.45, 7) is 1.96. The number of carbonyl (C=O) groups excluding carboxylic acids is 1. The summed E-state index contributed by atoms with van der Waals surface area (Å²) in [5, 5.41) is 0. The molecule has 0 aromatic heterocycles. The summed E-state index contributed by atoms with van der Waals surface area (Å²) < 4.78 is 5.11. The molecular weight excluding hydrogens is 152 g/mol. The Morgan fingerprint density at radius 3 is 2.92 bits per heavy atom. The number of aldehydes is 1. The first-order chi connectivity index (χ1) is 5.77. The highest BCUT2D eigenvalue weighted by atomic mass is 16.5. The summed E-state index contributed by atoms with van der Waals surface area (Å²) in [7, 11) is 1.61. The summed E-state index contributed by atoms with van der Waals surface area (Å²) in [5.41, 5.74) is 1.80. The quantitative estimate of drug-likeness (QED) is 0.583. The van der Waals surface area contributed by atoms with E-state index in [0.29, 0.717) is 6.42 Å². The average molecular weight is 164 g/mol. The molecule has 0 heterocycles. The van der Waals surface area contributed by atoms with E-state index >= 15 is 0 Å². The van der Waals surface area contributed by atoms with Crippen LogP contribution in [0.25, 0.3) is 0 Å². The van der Waals surface area contributed by atoms with Gasteiger partial charge in [-0.2, -0.15) is 0 Å².